The van der Waals surface area contributed by atoms with E-state index in [0.29, 0.717) is 11.2 Å². The second-order valence-corrected chi connectivity index (χ2v) is 4.58. The Labute approximate surface area is 107 Å². The molecule has 17 heavy (non-hydrogen) atoms. The van der Waals surface area contributed by atoms with Crippen molar-refractivity contribution in [3.8, 4) is 0 Å². The molecule has 1 N–H and O–H groups in total. The predicted molar refractivity (Wildman–Crippen MR) is 61.0 cm³/mol. The van der Waals surface area contributed by atoms with Crippen molar-refractivity contribution in [1.29, 1.82) is 0 Å². The molecule has 1 aliphatic rings. The van der Waals surface area contributed by atoms with Gasteiger partial charge in [0, 0.05) is 26.1 Å². The van der Waals surface area contributed by atoms with E-state index in [9.17, 15) is 0 Å². The van der Waals surface area contributed by atoms with Crippen molar-refractivity contribution in [2.75, 3.05) is 13.2 Å². The van der Waals surface area contributed by atoms with Crippen molar-refractivity contribution in [3.63, 3.8) is 0 Å². The Balaban J connectivity index is 2.10. The zero-order chi connectivity index (χ0) is 11.8. The van der Waals surface area contributed by atoms with E-state index < -0.39 is 0 Å². The van der Waals surface area contributed by atoms with Crippen LogP contribution >= 0.6 is 23.2 Å². The Morgan fingerprint density at radius 2 is 2.00 bits per heavy atom. The lowest BCUT2D eigenvalue weighted by atomic mass is 10.1. The van der Waals surface area contributed by atoms with Crippen molar-refractivity contribution >= 4 is 34.4 Å². The number of rotatable bonds is 1. The van der Waals surface area contributed by atoms with Gasteiger partial charge in [-0.2, -0.15) is 9.67 Å². The molecule has 0 bridgehead atoms. The second-order valence-electron chi connectivity index (χ2n) is 3.88. The number of halogens is 2. The predicted octanol–water partition coefficient (Wildman–Crippen LogP) is 1.30. The highest BCUT2D eigenvalue weighted by Crippen LogP contribution is 2.20. The van der Waals surface area contributed by atoms with E-state index in [1.54, 1.807) is 0 Å². The molecule has 90 valence electrons. The number of nitrogens with one attached hydrogen (secondary N) is 1. The molecule has 2 aromatic heterocycles. The first kappa shape index (κ1) is 11.1. The fourth-order valence-corrected chi connectivity index (χ4v) is 2.42. The quantitative estimate of drug-likeness (QED) is 0.484. The first-order valence-corrected chi connectivity index (χ1v) is 6.07. The molecule has 0 saturated carbocycles. The summed E-state index contributed by atoms with van der Waals surface area (Å²) in [5, 5.41) is 7.43. The van der Waals surface area contributed by atoms with Gasteiger partial charge >= 0.3 is 10.9 Å². The molecule has 8 heteroatoms. The third-order valence-electron chi connectivity index (χ3n) is 2.85. The molecule has 1 saturated heterocycles. The summed E-state index contributed by atoms with van der Waals surface area (Å²) in [4.78, 5) is 8.03. The van der Waals surface area contributed by atoms with Crippen LogP contribution in [0.3, 0.4) is 0 Å². The van der Waals surface area contributed by atoms with E-state index in [1.807, 2.05) is 4.68 Å². The van der Waals surface area contributed by atoms with Gasteiger partial charge in [-0.1, -0.05) is 16.6 Å². The largest absolute Gasteiger partial charge is 0.381 e. The molecule has 3 rings (SSSR count). The third-order valence-corrected chi connectivity index (χ3v) is 3.28. The van der Waals surface area contributed by atoms with Gasteiger partial charge in [-0.25, -0.2) is 0 Å². The number of H-pyrrole nitrogens is 1. The van der Waals surface area contributed by atoms with Crippen LogP contribution in [0.2, 0.25) is 10.4 Å². The molecule has 0 atom stereocenters. The fraction of sp³-hybridized carbons (Fsp3) is 0.556. The van der Waals surface area contributed by atoms with Crippen LogP contribution in [-0.2, 0) is 4.74 Å². The molecule has 0 aromatic carbocycles. The number of ether oxygens (including phenoxy) is 1. The normalized spacial score (nSPS) is 17.8. The maximum Gasteiger partial charge on any atom is 0.331 e. The minimum absolute atomic E-state index is 0.129. The van der Waals surface area contributed by atoms with E-state index in [0.717, 1.165) is 26.1 Å². The Morgan fingerprint density at radius 1 is 1.24 bits per heavy atom. The van der Waals surface area contributed by atoms with Crippen molar-refractivity contribution in [3.05, 3.63) is 10.4 Å². The monoisotopic (exact) mass is 274 g/mol. The molecule has 0 spiro atoms. The number of hydrogen-bond donors (Lipinski definition) is 1. The first-order chi connectivity index (χ1) is 8.25. The Morgan fingerprint density at radius 3 is 2.76 bits per heavy atom. The van der Waals surface area contributed by atoms with Gasteiger partial charge in [0.25, 0.3) is 5.52 Å². The topological polar surface area (TPSA) is 67.6 Å². The summed E-state index contributed by atoms with van der Waals surface area (Å²) in [6.07, 6.45) is 1.84. The van der Waals surface area contributed by atoms with Crippen molar-refractivity contribution in [1.82, 2.24) is 20.3 Å². The summed E-state index contributed by atoms with van der Waals surface area (Å²) in [6, 6.07) is 0.288. The van der Waals surface area contributed by atoms with E-state index in [4.69, 9.17) is 27.9 Å². The Kier molecular flexibility index (Phi) is 2.85. The van der Waals surface area contributed by atoms with E-state index in [-0.39, 0.29) is 16.5 Å². The van der Waals surface area contributed by atoms with Crippen LogP contribution in [0.5, 0.6) is 0 Å². The highest BCUT2D eigenvalue weighted by atomic mass is 35.5. The van der Waals surface area contributed by atoms with E-state index >= 15 is 0 Å². The molecule has 0 unspecified atom stereocenters. The maximum atomic E-state index is 5.96. The summed E-state index contributed by atoms with van der Waals surface area (Å²) in [6.45, 7) is 1.48. The van der Waals surface area contributed by atoms with Crippen LogP contribution < -0.4 is 4.68 Å². The van der Waals surface area contributed by atoms with Gasteiger partial charge in [-0.3, -0.25) is 0 Å². The lowest BCUT2D eigenvalue weighted by molar-refractivity contribution is -0.760. The smallest absolute Gasteiger partial charge is 0.331 e. The second kappa shape index (κ2) is 4.36. The SMILES string of the molecule is Clc1nc(Cl)c2n[nH][n+](C3CCOCC3)c2n1. The van der Waals surface area contributed by atoms with Gasteiger partial charge < -0.3 is 4.74 Å². The minimum Gasteiger partial charge on any atom is -0.381 e. The minimum atomic E-state index is 0.129. The molecule has 0 radical (unpaired) electrons. The molecular formula is C9H10Cl2N5O+. The maximum absolute atomic E-state index is 5.96. The molecule has 3 heterocycles. The molecular weight excluding hydrogens is 265 g/mol. The van der Waals surface area contributed by atoms with Gasteiger partial charge in [0.1, 0.15) is 6.04 Å². The molecule has 1 fully saturated rings. The van der Waals surface area contributed by atoms with Crippen molar-refractivity contribution in [2.45, 2.75) is 18.9 Å². The number of fused-ring (bicyclic) bond motifs is 1. The van der Waals surface area contributed by atoms with E-state index in [1.165, 1.54) is 0 Å². The Hall–Kier alpha value is -0.980. The number of nitrogens with zero attached hydrogens (tertiary/aromatic N) is 4. The number of hydrogen-bond acceptors (Lipinski definition) is 4. The van der Waals surface area contributed by atoms with Gasteiger partial charge in [0.2, 0.25) is 0 Å². The lowest BCUT2D eigenvalue weighted by Crippen LogP contribution is -2.45. The standard InChI is InChI=1S/C9H9Cl2N5O/c10-7-6-8(13-9(11)12-7)16(15-14-6)5-1-3-17-4-2-5/h5H,1-4H2/p+1. The molecule has 6 nitrogen and oxygen atoms in total. The number of aromatic amines is 1. The highest BCUT2D eigenvalue weighted by molar-refractivity contribution is 6.35. The van der Waals surface area contributed by atoms with Gasteiger partial charge in [0.05, 0.1) is 0 Å². The van der Waals surface area contributed by atoms with Crippen LogP contribution in [0.4, 0.5) is 0 Å². The summed E-state index contributed by atoms with van der Waals surface area (Å²) in [5.74, 6) is 0. The third kappa shape index (κ3) is 1.96. The molecule has 0 amide bonds. The zero-order valence-electron chi connectivity index (χ0n) is 8.86. The highest BCUT2D eigenvalue weighted by Gasteiger charge is 2.27. The van der Waals surface area contributed by atoms with Crippen molar-refractivity contribution < 1.29 is 9.42 Å². The summed E-state index contributed by atoms with van der Waals surface area (Å²) >= 11 is 11.8. The average molecular weight is 275 g/mol. The molecule has 0 aliphatic carbocycles. The molecule has 1 aliphatic heterocycles. The Bertz CT molecular complexity index is 552. The first-order valence-electron chi connectivity index (χ1n) is 5.32. The number of aromatic nitrogens is 5. The summed E-state index contributed by atoms with van der Waals surface area (Å²) < 4.78 is 7.21. The fourth-order valence-electron chi connectivity index (χ4n) is 2.00. The van der Waals surface area contributed by atoms with E-state index in [2.05, 4.69) is 20.3 Å². The van der Waals surface area contributed by atoms with Gasteiger partial charge in [-0.15, -0.1) is 5.21 Å². The van der Waals surface area contributed by atoms with Gasteiger partial charge in [0.15, 0.2) is 5.15 Å². The summed E-state index contributed by atoms with van der Waals surface area (Å²) in [5.41, 5.74) is 1.18. The van der Waals surface area contributed by atoms with Crippen LogP contribution in [0, 0.1) is 0 Å². The van der Waals surface area contributed by atoms with Crippen LogP contribution in [0.25, 0.3) is 11.2 Å². The van der Waals surface area contributed by atoms with Crippen LogP contribution in [0.15, 0.2) is 0 Å². The molecule has 2 aromatic rings. The summed E-state index contributed by atoms with van der Waals surface area (Å²) in [7, 11) is 0. The average Bonchev–Trinajstić information content (AvgIpc) is 2.74. The van der Waals surface area contributed by atoms with Crippen LogP contribution in [-0.4, -0.2) is 33.5 Å². The van der Waals surface area contributed by atoms with Crippen LogP contribution in [0.1, 0.15) is 18.9 Å². The van der Waals surface area contributed by atoms with Crippen molar-refractivity contribution in [2.24, 2.45) is 0 Å². The van der Waals surface area contributed by atoms with Gasteiger partial charge in [-0.05, 0) is 16.7 Å². The lowest BCUT2D eigenvalue weighted by Gasteiger charge is -2.19. The zero-order valence-corrected chi connectivity index (χ0v) is 10.4.